The van der Waals surface area contributed by atoms with E-state index in [1.54, 1.807) is 19.0 Å². The summed E-state index contributed by atoms with van der Waals surface area (Å²) in [5.41, 5.74) is 1.40. The Hall–Kier alpha value is -1.35. The molecule has 0 saturated heterocycles. The lowest BCUT2D eigenvalue weighted by atomic mass is 9.92. The van der Waals surface area contributed by atoms with Gasteiger partial charge >= 0.3 is 0 Å². The molecule has 19 heavy (non-hydrogen) atoms. The maximum Gasteiger partial charge on any atom is 0.236 e. The summed E-state index contributed by atoms with van der Waals surface area (Å²) >= 11 is 0. The Labute approximate surface area is 117 Å². The van der Waals surface area contributed by atoms with Crippen molar-refractivity contribution >= 4 is 5.91 Å². The second-order valence-electron chi connectivity index (χ2n) is 5.45. The molecule has 1 heterocycles. The number of rotatable bonds is 6. The number of hydrogen-bond donors (Lipinski definition) is 0. The standard InChI is InChI=1S/C16H26N2O/c1-6-8-14-10-13(3)11-15(9-7-2)18(14)12-16(19)17(4)5/h6-7,10,14-15H,1-2,8-9,11-12H2,3-5H3/t14-,15-/m0/s1. The number of carbonyl (C=O) groups excluding carboxylic acids is 1. The first-order valence-electron chi connectivity index (χ1n) is 6.84. The molecule has 3 nitrogen and oxygen atoms in total. The van der Waals surface area contributed by atoms with Gasteiger partial charge in [0.05, 0.1) is 6.54 Å². The molecule has 0 spiro atoms. The van der Waals surface area contributed by atoms with Crippen molar-refractivity contribution in [3.05, 3.63) is 37.0 Å². The molecule has 1 rings (SSSR count). The molecule has 0 N–H and O–H groups in total. The van der Waals surface area contributed by atoms with E-state index in [4.69, 9.17) is 0 Å². The average molecular weight is 262 g/mol. The Balaban J connectivity index is 2.91. The van der Waals surface area contributed by atoms with Crippen molar-refractivity contribution in [1.82, 2.24) is 9.80 Å². The van der Waals surface area contributed by atoms with E-state index in [0.29, 0.717) is 12.6 Å². The second kappa shape index (κ2) is 7.29. The van der Waals surface area contributed by atoms with E-state index < -0.39 is 0 Å². The normalized spacial score (nSPS) is 23.6. The summed E-state index contributed by atoms with van der Waals surface area (Å²) in [5, 5.41) is 0. The van der Waals surface area contributed by atoms with Crippen LogP contribution in [-0.2, 0) is 4.79 Å². The predicted octanol–water partition coefficient (Wildman–Crippen LogP) is 2.62. The van der Waals surface area contributed by atoms with Gasteiger partial charge in [-0.15, -0.1) is 13.2 Å². The highest BCUT2D eigenvalue weighted by molar-refractivity contribution is 5.77. The topological polar surface area (TPSA) is 23.6 Å². The fourth-order valence-corrected chi connectivity index (χ4v) is 2.58. The Morgan fingerprint density at radius 1 is 1.42 bits per heavy atom. The highest BCUT2D eigenvalue weighted by Crippen LogP contribution is 2.26. The minimum absolute atomic E-state index is 0.149. The summed E-state index contributed by atoms with van der Waals surface area (Å²) in [6, 6.07) is 0.649. The van der Waals surface area contributed by atoms with Crippen LogP contribution in [0.5, 0.6) is 0 Å². The van der Waals surface area contributed by atoms with Crippen LogP contribution in [0.1, 0.15) is 26.2 Å². The molecule has 0 bridgehead atoms. The predicted molar refractivity (Wildman–Crippen MR) is 81.0 cm³/mol. The van der Waals surface area contributed by atoms with E-state index in [1.807, 2.05) is 12.2 Å². The quantitative estimate of drug-likeness (QED) is 0.687. The van der Waals surface area contributed by atoms with E-state index >= 15 is 0 Å². The summed E-state index contributed by atoms with van der Waals surface area (Å²) in [5.74, 6) is 0.149. The summed E-state index contributed by atoms with van der Waals surface area (Å²) in [6.45, 7) is 10.3. The third-order valence-electron chi connectivity index (χ3n) is 3.59. The van der Waals surface area contributed by atoms with E-state index in [-0.39, 0.29) is 11.9 Å². The van der Waals surface area contributed by atoms with Gasteiger partial charge in [0.2, 0.25) is 5.91 Å². The van der Waals surface area contributed by atoms with E-state index in [9.17, 15) is 4.79 Å². The Kier molecular flexibility index (Phi) is 6.03. The third-order valence-corrected chi connectivity index (χ3v) is 3.59. The molecule has 0 saturated carbocycles. The molecule has 0 unspecified atom stereocenters. The number of likely N-dealkylation sites (N-methyl/N-ethyl adjacent to an activating group) is 1. The van der Waals surface area contributed by atoms with E-state index in [2.05, 4.69) is 31.1 Å². The minimum Gasteiger partial charge on any atom is -0.348 e. The van der Waals surface area contributed by atoms with Crippen molar-refractivity contribution in [3.63, 3.8) is 0 Å². The first-order valence-corrected chi connectivity index (χ1v) is 6.84. The Morgan fingerprint density at radius 3 is 2.58 bits per heavy atom. The highest BCUT2D eigenvalue weighted by atomic mass is 16.2. The largest absolute Gasteiger partial charge is 0.348 e. The van der Waals surface area contributed by atoms with Gasteiger partial charge in [0.25, 0.3) is 0 Å². The van der Waals surface area contributed by atoms with Crippen LogP contribution >= 0.6 is 0 Å². The maximum absolute atomic E-state index is 12.0. The lowest BCUT2D eigenvalue weighted by molar-refractivity contribution is -0.131. The van der Waals surface area contributed by atoms with Gasteiger partial charge in [-0.05, 0) is 26.2 Å². The Morgan fingerprint density at radius 2 is 2.05 bits per heavy atom. The molecular formula is C16H26N2O. The zero-order chi connectivity index (χ0) is 14.4. The summed E-state index contributed by atoms with van der Waals surface area (Å²) in [7, 11) is 3.61. The van der Waals surface area contributed by atoms with Crippen molar-refractivity contribution in [2.75, 3.05) is 20.6 Å². The summed E-state index contributed by atoms with van der Waals surface area (Å²) < 4.78 is 0. The van der Waals surface area contributed by atoms with Crippen LogP contribution in [0.4, 0.5) is 0 Å². The minimum atomic E-state index is 0.149. The molecule has 1 aliphatic heterocycles. The molecule has 0 aliphatic carbocycles. The van der Waals surface area contributed by atoms with Gasteiger partial charge in [0, 0.05) is 26.2 Å². The molecule has 0 aromatic rings. The molecule has 1 aliphatic rings. The molecule has 106 valence electrons. The first kappa shape index (κ1) is 15.7. The zero-order valence-corrected chi connectivity index (χ0v) is 12.4. The zero-order valence-electron chi connectivity index (χ0n) is 12.4. The van der Waals surface area contributed by atoms with Gasteiger partial charge in [-0.1, -0.05) is 23.8 Å². The van der Waals surface area contributed by atoms with Crippen LogP contribution < -0.4 is 0 Å². The monoisotopic (exact) mass is 262 g/mol. The number of carbonyl (C=O) groups is 1. The van der Waals surface area contributed by atoms with Gasteiger partial charge < -0.3 is 4.90 Å². The van der Waals surface area contributed by atoms with Crippen LogP contribution in [0.15, 0.2) is 37.0 Å². The van der Waals surface area contributed by atoms with Crippen LogP contribution in [0, 0.1) is 0 Å². The molecular weight excluding hydrogens is 236 g/mol. The number of hydrogen-bond acceptors (Lipinski definition) is 2. The molecule has 0 radical (unpaired) electrons. The van der Waals surface area contributed by atoms with Gasteiger partial charge in [0.1, 0.15) is 0 Å². The molecule has 2 atom stereocenters. The van der Waals surface area contributed by atoms with Gasteiger partial charge in [0.15, 0.2) is 0 Å². The van der Waals surface area contributed by atoms with Crippen molar-refractivity contribution in [3.8, 4) is 0 Å². The van der Waals surface area contributed by atoms with Gasteiger partial charge in [-0.25, -0.2) is 0 Å². The third kappa shape index (κ3) is 4.35. The smallest absolute Gasteiger partial charge is 0.236 e. The van der Waals surface area contributed by atoms with Crippen molar-refractivity contribution in [2.45, 2.75) is 38.3 Å². The van der Waals surface area contributed by atoms with Gasteiger partial charge in [-0.2, -0.15) is 0 Å². The summed E-state index contributed by atoms with van der Waals surface area (Å²) in [6.07, 6.45) is 8.95. The van der Waals surface area contributed by atoms with Gasteiger partial charge in [-0.3, -0.25) is 9.69 Å². The van der Waals surface area contributed by atoms with Crippen LogP contribution in [0.25, 0.3) is 0 Å². The fraction of sp³-hybridized carbons (Fsp3) is 0.562. The SMILES string of the molecule is C=CC[C@H]1CC(C)=C[C@H](CC=C)N1CC(=O)N(C)C. The molecule has 0 fully saturated rings. The lowest BCUT2D eigenvalue weighted by Crippen LogP contribution is -2.49. The van der Waals surface area contributed by atoms with Crippen molar-refractivity contribution < 1.29 is 4.79 Å². The molecule has 3 heteroatoms. The van der Waals surface area contributed by atoms with Crippen LogP contribution in [0.3, 0.4) is 0 Å². The summed E-state index contributed by atoms with van der Waals surface area (Å²) in [4.78, 5) is 15.9. The van der Waals surface area contributed by atoms with Crippen LogP contribution in [0.2, 0.25) is 0 Å². The molecule has 0 aromatic heterocycles. The average Bonchev–Trinajstić information content (AvgIpc) is 2.33. The van der Waals surface area contributed by atoms with Crippen molar-refractivity contribution in [1.29, 1.82) is 0 Å². The van der Waals surface area contributed by atoms with E-state index in [0.717, 1.165) is 19.3 Å². The van der Waals surface area contributed by atoms with E-state index in [1.165, 1.54) is 5.57 Å². The molecule has 1 amide bonds. The lowest BCUT2D eigenvalue weighted by Gasteiger charge is -2.40. The highest BCUT2D eigenvalue weighted by Gasteiger charge is 2.29. The first-order chi connectivity index (χ1) is 8.99. The number of nitrogens with zero attached hydrogens (tertiary/aromatic N) is 2. The Bertz CT molecular complexity index is 371. The van der Waals surface area contributed by atoms with Crippen molar-refractivity contribution in [2.24, 2.45) is 0 Å². The fourth-order valence-electron chi connectivity index (χ4n) is 2.58. The van der Waals surface area contributed by atoms with Crippen LogP contribution in [-0.4, -0.2) is 48.4 Å². The second-order valence-corrected chi connectivity index (χ2v) is 5.45. The maximum atomic E-state index is 12.0. The molecule has 0 aromatic carbocycles. The number of amides is 1.